The average molecular weight is 316 g/mol. The molecule has 112 valence electrons. The number of anilines is 2. The molecule has 1 N–H and O–H groups in total. The molecule has 0 aliphatic carbocycles. The normalized spacial score (nSPS) is 13.4. The Morgan fingerprint density at radius 1 is 1.23 bits per heavy atom. The molecule has 6 nitrogen and oxygen atoms in total. The van der Waals surface area contributed by atoms with Crippen molar-refractivity contribution < 1.29 is 17.7 Å². The Labute approximate surface area is 127 Å². The highest BCUT2D eigenvalue weighted by molar-refractivity contribution is 7.86. The maximum Gasteiger partial charge on any atom is 0.296 e. The molecular formula is C15H12N2O4S. The van der Waals surface area contributed by atoms with Gasteiger partial charge >= 0.3 is 0 Å². The third-order valence-corrected chi connectivity index (χ3v) is 4.31. The zero-order valence-corrected chi connectivity index (χ0v) is 12.5. The van der Waals surface area contributed by atoms with Gasteiger partial charge in [-0.15, -0.1) is 0 Å². The van der Waals surface area contributed by atoms with Crippen LogP contribution in [0.25, 0.3) is 0 Å². The molecule has 1 aliphatic rings. The van der Waals surface area contributed by atoms with Gasteiger partial charge in [0.1, 0.15) is 10.6 Å². The van der Waals surface area contributed by atoms with Crippen molar-refractivity contribution in [3.05, 3.63) is 47.5 Å². The van der Waals surface area contributed by atoms with Crippen molar-refractivity contribution in [3.8, 4) is 11.8 Å². The molecule has 3 rings (SSSR count). The predicted octanol–water partition coefficient (Wildman–Crippen LogP) is 2.60. The molecule has 2 aromatic rings. The highest BCUT2D eigenvalue weighted by Crippen LogP contribution is 2.41. The third kappa shape index (κ3) is 2.39. The maximum atomic E-state index is 11.6. The molecule has 22 heavy (non-hydrogen) atoms. The first kappa shape index (κ1) is 14.4. The van der Waals surface area contributed by atoms with E-state index in [1.54, 1.807) is 35.2 Å². The fourth-order valence-corrected chi connectivity index (χ4v) is 3.05. The molecule has 0 radical (unpaired) electrons. The number of hydrogen-bond acceptors (Lipinski definition) is 5. The van der Waals surface area contributed by atoms with E-state index in [-0.39, 0.29) is 11.6 Å². The first-order valence-corrected chi connectivity index (χ1v) is 7.87. The number of nitriles is 1. The highest BCUT2D eigenvalue weighted by Gasteiger charge is 2.27. The summed E-state index contributed by atoms with van der Waals surface area (Å²) >= 11 is 0. The number of benzene rings is 2. The summed E-state index contributed by atoms with van der Waals surface area (Å²) in [6, 6.07) is 11.6. The van der Waals surface area contributed by atoms with Gasteiger partial charge in [-0.05, 0) is 42.8 Å². The van der Waals surface area contributed by atoms with Crippen LogP contribution >= 0.6 is 0 Å². The summed E-state index contributed by atoms with van der Waals surface area (Å²) in [6.07, 6.45) is 0. The molecule has 0 aromatic heterocycles. The van der Waals surface area contributed by atoms with Crippen LogP contribution < -0.4 is 9.64 Å². The molecule has 0 saturated carbocycles. The minimum absolute atomic E-state index is 0.107. The van der Waals surface area contributed by atoms with Gasteiger partial charge in [0.15, 0.2) is 6.73 Å². The topological polar surface area (TPSA) is 90.6 Å². The van der Waals surface area contributed by atoms with Gasteiger partial charge in [0.05, 0.1) is 23.0 Å². The molecule has 0 atom stereocenters. The van der Waals surface area contributed by atoms with Gasteiger partial charge in [-0.25, -0.2) is 0 Å². The van der Waals surface area contributed by atoms with Crippen LogP contribution in [0, 0.1) is 18.3 Å². The standard InChI is InChI=1S/C15H12N2O4S/c1-10-2-5-15(22(18,19)20)13(6-10)17-9-21-14-4-3-11(8-16)7-12(14)17/h2-7H,9H2,1H3,(H,18,19,20). The highest BCUT2D eigenvalue weighted by atomic mass is 32.2. The summed E-state index contributed by atoms with van der Waals surface area (Å²) in [7, 11) is -4.37. The van der Waals surface area contributed by atoms with Crippen molar-refractivity contribution in [1.82, 2.24) is 0 Å². The minimum atomic E-state index is -4.37. The third-order valence-electron chi connectivity index (χ3n) is 3.41. The molecule has 0 amide bonds. The summed E-state index contributed by atoms with van der Waals surface area (Å²) < 4.78 is 38.1. The lowest BCUT2D eigenvalue weighted by Gasteiger charge is -2.20. The Hall–Kier alpha value is -2.56. The van der Waals surface area contributed by atoms with Crippen LogP contribution in [-0.2, 0) is 10.1 Å². The second kappa shape index (κ2) is 5.02. The van der Waals surface area contributed by atoms with Crippen LogP contribution in [-0.4, -0.2) is 19.7 Å². The first-order chi connectivity index (χ1) is 10.4. The van der Waals surface area contributed by atoms with Crippen LogP contribution in [0.4, 0.5) is 11.4 Å². The van der Waals surface area contributed by atoms with Crippen LogP contribution in [0.2, 0.25) is 0 Å². The van der Waals surface area contributed by atoms with E-state index >= 15 is 0 Å². The molecule has 0 saturated heterocycles. The number of nitrogens with zero attached hydrogens (tertiary/aromatic N) is 2. The lowest BCUT2D eigenvalue weighted by atomic mass is 10.1. The summed E-state index contributed by atoms with van der Waals surface area (Å²) in [6.45, 7) is 1.93. The van der Waals surface area contributed by atoms with E-state index in [0.29, 0.717) is 22.7 Å². The number of aryl methyl sites for hydroxylation is 1. The summed E-state index contributed by atoms with van der Waals surface area (Å²) in [5, 5.41) is 9.01. The maximum absolute atomic E-state index is 11.6. The van der Waals surface area contributed by atoms with Gasteiger partial charge in [-0.2, -0.15) is 13.7 Å². The first-order valence-electron chi connectivity index (χ1n) is 6.43. The Morgan fingerprint density at radius 2 is 2.00 bits per heavy atom. The number of ether oxygens (including phenoxy) is 1. The Morgan fingerprint density at radius 3 is 2.68 bits per heavy atom. The monoisotopic (exact) mass is 316 g/mol. The van der Waals surface area contributed by atoms with Crippen molar-refractivity contribution in [2.24, 2.45) is 0 Å². The fourth-order valence-electron chi connectivity index (χ4n) is 2.38. The SMILES string of the molecule is Cc1ccc(S(=O)(=O)O)c(N2COc3ccc(C#N)cc32)c1. The van der Waals surface area contributed by atoms with Gasteiger partial charge in [0.2, 0.25) is 0 Å². The summed E-state index contributed by atoms with van der Waals surface area (Å²) in [5.41, 5.74) is 2.19. The quantitative estimate of drug-likeness (QED) is 0.856. The Kier molecular flexibility index (Phi) is 3.28. The van der Waals surface area contributed by atoms with Gasteiger partial charge in [-0.1, -0.05) is 6.07 Å². The second-order valence-corrected chi connectivity index (χ2v) is 6.33. The van der Waals surface area contributed by atoms with Gasteiger partial charge in [0.25, 0.3) is 10.1 Å². The van der Waals surface area contributed by atoms with Crippen molar-refractivity contribution >= 4 is 21.5 Å². The Balaban J connectivity index is 2.20. The van der Waals surface area contributed by atoms with E-state index in [1.807, 2.05) is 13.0 Å². The Bertz CT molecular complexity index is 900. The zero-order chi connectivity index (χ0) is 15.9. The molecule has 1 heterocycles. The summed E-state index contributed by atoms with van der Waals surface area (Å²) in [5.74, 6) is 0.557. The smallest absolute Gasteiger partial charge is 0.296 e. The fraction of sp³-hybridized carbons (Fsp3) is 0.133. The van der Waals surface area contributed by atoms with Crippen molar-refractivity contribution in [3.63, 3.8) is 0 Å². The van der Waals surface area contributed by atoms with E-state index in [4.69, 9.17) is 10.00 Å². The van der Waals surface area contributed by atoms with E-state index in [9.17, 15) is 13.0 Å². The molecule has 2 aromatic carbocycles. The summed E-state index contributed by atoms with van der Waals surface area (Å²) in [4.78, 5) is 1.42. The lowest BCUT2D eigenvalue weighted by molar-refractivity contribution is 0.357. The van der Waals surface area contributed by atoms with Crippen LogP contribution in [0.3, 0.4) is 0 Å². The van der Waals surface area contributed by atoms with Gasteiger partial charge in [-0.3, -0.25) is 4.55 Å². The van der Waals surface area contributed by atoms with Gasteiger partial charge < -0.3 is 9.64 Å². The number of hydrogen-bond donors (Lipinski definition) is 1. The predicted molar refractivity (Wildman–Crippen MR) is 79.8 cm³/mol. The molecule has 0 spiro atoms. The van der Waals surface area contributed by atoms with Crippen molar-refractivity contribution in [2.75, 3.05) is 11.6 Å². The molecular weight excluding hydrogens is 304 g/mol. The van der Waals surface area contributed by atoms with Crippen molar-refractivity contribution in [1.29, 1.82) is 5.26 Å². The minimum Gasteiger partial charge on any atom is -0.471 e. The molecule has 0 bridgehead atoms. The second-order valence-electron chi connectivity index (χ2n) is 4.94. The molecule has 1 aliphatic heterocycles. The number of rotatable bonds is 2. The van der Waals surface area contributed by atoms with Crippen molar-refractivity contribution in [2.45, 2.75) is 11.8 Å². The lowest BCUT2D eigenvalue weighted by Crippen LogP contribution is -2.18. The van der Waals surface area contributed by atoms with Crippen LogP contribution in [0.1, 0.15) is 11.1 Å². The molecule has 0 unspecified atom stereocenters. The van der Waals surface area contributed by atoms with Gasteiger partial charge in [0, 0.05) is 0 Å². The zero-order valence-electron chi connectivity index (χ0n) is 11.6. The average Bonchev–Trinajstić information content (AvgIpc) is 2.88. The van der Waals surface area contributed by atoms with E-state index in [2.05, 4.69) is 0 Å². The van der Waals surface area contributed by atoms with E-state index < -0.39 is 10.1 Å². The van der Waals surface area contributed by atoms with Crippen LogP contribution in [0.15, 0.2) is 41.3 Å². The molecule has 0 fully saturated rings. The van der Waals surface area contributed by atoms with Crippen LogP contribution in [0.5, 0.6) is 5.75 Å². The number of fused-ring (bicyclic) bond motifs is 1. The molecule has 7 heteroatoms. The largest absolute Gasteiger partial charge is 0.471 e. The van der Waals surface area contributed by atoms with E-state index in [1.165, 1.54) is 6.07 Å². The van der Waals surface area contributed by atoms with E-state index in [0.717, 1.165) is 5.56 Å².